The van der Waals surface area contributed by atoms with Crippen LogP contribution in [0.25, 0.3) is 11.1 Å². The van der Waals surface area contributed by atoms with Gasteiger partial charge in [0.25, 0.3) is 0 Å². The normalized spacial score (nSPS) is 11.7. The highest BCUT2D eigenvalue weighted by Gasteiger charge is 2.28. The van der Waals surface area contributed by atoms with Gasteiger partial charge >= 0.3 is 6.09 Å². The second-order valence-electron chi connectivity index (χ2n) is 6.95. The Bertz CT molecular complexity index is 1150. The van der Waals surface area contributed by atoms with Gasteiger partial charge in [-0.15, -0.1) is 0 Å². The van der Waals surface area contributed by atoms with Gasteiger partial charge in [0.15, 0.2) is 11.6 Å². The second-order valence-corrected chi connectivity index (χ2v) is 6.95. The molecule has 0 spiro atoms. The lowest BCUT2D eigenvalue weighted by atomic mass is 9.98. The zero-order valence-corrected chi connectivity index (χ0v) is 16.7. The largest absolute Gasteiger partial charge is 0.492 e. The van der Waals surface area contributed by atoms with Gasteiger partial charge < -0.3 is 14.8 Å². The smallest absolute Gasteiger partial charge is 0.407 e. The molecule has 0 aliphatic heterocycles. The van der Waals surface area contributed by atoms with Gasteiger partial charge in [-0.2, -0.15) is 0 Å². The van der Waals surface area contributed by atoms with Crippen LogP contribution in [0, 0.1) is 23.5 Å². The van der Waals surface area contributed by atoms with E-state index >= 15 is 0 Å². The van der Waals surface area contributed by atoms with Gasteiger partial charge in [0.1, 0.15) is 12.4 Å². The number of amides is 1. The van der Waals surface area contributed by atoms with Crippen molar-refractivity contribution in [3.05, 3.63) is 89.0 Å². The van der Waals surface area contributed by atoms with Crippen LogP contribution in [-0.4, -0.2) is 26.4 Å². The molecule has 0 saturated heterocycles. The SMILES string of the molecule is COc1c(F)cc(F)cc1C#CCNC(=O)OCC1c2ccccc2-c2ccccc21. The maximum absolute atomic E-state index is 13.7. The molecule has 3 aromatic carbocycles. The zero-order chi connectivity index (χ0) is 21.8. The molecule has 31 heavy (non-hydrogen) atoms. The van der Waals surface area contributed by atoms with Crippen LogP contribution in [0.15, 0.2) is 60.7 Å². The maximum atomic E-state index is 13.7. The molecule has 4 rings (SSSR count). The van der Waals surface area contributed by atoms with Gasteiger partial charge in [0.2, 0.25) is 0 Å². The summed E-state index contributed by atoms with van der Waals surface area (Å²) in [5.41, 5.74) is 4.60. The number of ether oxygens (including phenoxy) is 2. The number of carbonyl (C=O) groups excluding carboxylic acids is 1. The van der Waals surface area contributed by atoms with Crippen LogP contribution in [-0.2, 0) is 4.74 Å². The number of benzene rings is 3. The molecule has 156 valence electrons. The van der Waals surface area contributed by atoms with Crippen molar-refractivity contribution in [1.29, 1.82) is 0 Å². The standard InChI is InChI=1S/C25H19F2NO3/c1-30-24-16(13-17(26)14-23(24)27)7-6-12-28-25(29)31-15-22-20-10-4-2-8-18(20)19-9-3-5-11-21(19)22/h2-5,8-11,13-14,22H,12,15H2,1H3,(H,28,29). The Morgan fingerprint density at radius 3 is 2.32 bits per heavy atom. The number of nitrogens with one attached hydrogen (secondary N) is 1. The fourth-order valence-corrected chi connectivity index (χ4v) is 3.77. The van der Waals surface area contributed by atoms with E-state index in [-0.39, 0.29) is 30.4 Å². The molecule has 6 heteroatoms. The first kappa shape index (κ1) is 20.4. The first-order valence-corrected chi connectivity index (χ1v) is 9.69. The van der Waals surface area contributed by atoms with Crippen LogP contribution < -0.4 is 10.1 Å². The Labute approximate surface area is 178 Å². The summed E-state index contributed by atoms with van der Waals surface area (Å²) in [6.07, 6.45) is -0.617. The van der Waals surface area contributed by atoms with Crippen LogP contribution in [0.5, 0.6) is 5.75 Å². The van der Waals surface area contributed by atoms with E-state index < -0.39 is 17.7 Å². The quantitative estimate of drug-likeness (QED) is 0.614. The van der Waals surface area contributed by atoms with Crippen LogP contribution in [0.4, 0.5) is 13.6 Å². The number of rotatable bonds is 4. The van der Waals surface area contributed by atoms with Gasteiger partial charge in [-0.3, -0.25) is 0 Å². The van der Waals surface area contributed by atoms with Crippen molar-refractivity contribution < 1.29 is 23.0 Å². The highest BCUT2D eigenvalue weighted by molar-refractivity contribution is 5.79. The zero-order valence-electron chi connectivity index (χ0n) is 16.7. The third-order valence-electron chi connectivity index (χ3n) is 5.10. The number of fused-ring (bicyclic) bond motifs is 3. The minimum Gasteiger partial charge on any atom is -0.492 e. The molecular formula is C25H19F2NO3. The van der Waals surface area contributed by atoms with Crippen molar-refractivity contribution in [2.45, 2.75) is 5.92 Å². The van der Waals surface area contributed by atoms with Gasteiger partial charge in [0.05, 0.1) is 19.2 Å². The highest BCUT2D eigenvalue weighted by Crippen LogP contribution is 2.44. The van der Waals surface area contributed by atoms with Gasteiger partial charge in [0, 0.05) is 12.0 Å². The van der Waals surface area contributed by atoms with Crippen molar-refractivity contribution in [3.63, 3.8) is 0 Å². The predicted molar refractivity (Wildman–Crippen MR) is 113 cm³/mol. The van der Waals surface area contributed by atoms with Gasteiger partial charge in [-0.05, 0) is 28.3 Å². The summed E-state index contributed by atoms with van der Waals surface area (Å²) in [7, 11) is 1.27. The van der Waals surface area contributed by atoms with E-state index in [0.29, 0.717) is 0 Å². The Balaban J connectivity index is 1.37. The maximum Gasteiger partial charge on any atom is 0.407 e. The number of hydrogen-bond donors (Lipinski definition) is 1. The molecule has 1 aliphatic rings. The summed E-state index contributed by atoms with van der Waals surface area (Å²) in [5.74, 6) is 3.47. The predicted octanol–water partition coefficient (Wildman–Crippen LogP) is 4.86. The summed E-state index contributed by atoms with van der Waals surface area (Å²) in [5, 5.41) is 2.53. The summed E-state index contributed by atoms with van der Waals surface area (Å²) < 4.78 is 37.4. The van der Waals surface area contributed by atoms with E-state index in [1.54, 1.807) is 0 Å². The molecule has 1 N–H and O–H groups in total. The summed E-state index contributed by atoms with van der Waals surface area (Å²) in [6.45, 7) is 0.147. The van der Waals surface area contributed by atoms with Crippen molar-refractivity contribution >= 4 is 6.09 Å². The van der Waals surface area contributed by atoms with Crippen molar-refractivity contribution in [1.82, 2.24) is 5.32 Å². The summed E-state index contributed by atoms with van der Waals surface area (Å²) in [6, 6.07) is 17.9. The van der Waals surface area contributed by atoms with Crippen LogP contribution in [0.1, 0.15) is 22.6 Å². The molecule has 0 radical (unpaired) electrons. The molecule has 1 aliphatic carbocycles. The molecule has 0 unspecified atom stereocenters. The fraction of sp³-hybridized carbons (Fsp3) is 0.160. The molecule has 0 heterocycles. The van der Waals surface area contributed by atoms with Crippen molar-refractivity contribution in [2.75, 3.05) is 20.3 Å². The first-order valence-electron chi connectivity index (χ1n) is 9.69. The number of alkyl carbamates (subject to hydrolysis) is 1. The van der Waals surface area contributed by atoms with E-state index in [1.165, 1.54) is 7.11 Å². The lowest BCUT2D eigenvalue weighted by Gasteiger charge is -2.14. The third kappa shape index (κ3) is 4.22. The topological polar surface area (TPSA) is 47.6 Å². The lowest BCUT2D eigenvalue weighted by Crippen LogP contribution is -2.26. The van der Waals surface area contributed by atoms with Crippen molar-refractivity contribution in [3.8, 4) is 28.7 Å². The first-order chi connectivity index (χ1) is 15.1. The van der Waals surface area contributed by atoms with Crippen LogP contribution in [0.3, 0.4) is 0 Å². The highest BCUT2D eigenvalue weighted by atomic mass is 19.1. The van der Waals surface area contributed by atoms with Crippen molar-refractivity contribution in [2.24, 2.45) is 0 Å². The summed E-state index contributed by atoms with van der Waals surface area (Å²) >= 11 is 0. The molecule has 4 nitrogen and oxygen atoms in total. The fourth-order valence-electron chi connectivity index (χ4n) is 3.77. The molecule has 0 fully saturated rings. The van der Waals surface area contributed by atoms with E-state index in [1.807, 2.05) is 36.4 Å². The number of carbonyl (C=O) groups is 1. The number of methoxy groups -OCH3 is 1. The Hall–Kier alpha value is -3.85. The van der Waals surface area contributed by atoms with E-state index in [2.05, 4.69) is 29.3 Å². The van der Waals surface area contributed by atoms with E-state index in [4.69, 9.17) is 9.47 Å². The molecule has 1 amide bonds. The average molecular weight is 419 g/mol. The Kier molecular flexibility index (Phi) is 5.85. The summed E-state index contributed by atoms with van der Waals surface area (Å²) in [4.78, 5) is 12.1. The number of hydrogen-bond acceptors (Lipinski definition) is 3. The molecule has 0 atom stereocenters. The third-order valence-corrected chi connectivity index (χ3v) is 5.10. The monoisotopic (exact) mass is 419 g/mol. The molecule has 0 aromatic heterocycles. The molecule has 0 saturated carbocycles. The molecular weight excluding hydrogens is 400 g/mol. The molecule has 3 aromatic rings. The lowest BCUT2D eigenvalue weighted by molar-refractivity contribution is 0.144. The van der Waals surface area contributed by atoms with E-state index in [0.717, 1.165) is 34.4 Å². The van der Waals surface area contributed by atoms with Crippen LogP contribution in [0.2, 0.25) is 0 Å². The van der Waals surface area contributed by atoms with E-state index in [9.17, 15) is 13.6 Å². The van der Waals surface area contributed by atoms with Crippen LogP contribution >= 0.6 is 0 Å². The second kappa shape index (κ2) is 8.88. The molecule has 0 bridgehead atoms. The van der Waals surface area contributed by atoms with Gasteiger partial charge in [-0.25, -0.2) is 13.6 Å². The Morgan fingerprint density at radius 2 is 1.68 bits per heavy atom. The van der Waals surface area contributed by atoms with Gasteiger partial charge in [-0.1, -0.05) is 60.4 Å². The minimum atomic E-state index is -0.837. The number of halogens is 2. The minimum absolute atomic E-state index is 0.0382. The average Bonchev–Trinajstić information content (AvgIpc) is 3.09. The Morgan fingerprint density at radius 1 is 1.03 bits per heavy atom.